The normalized spacial score (nSPS) is 9.71. The van der Waals surface area contributed by atoms with E-state index >= 15 is 0 Å². The number of halogens is 3. The Kier molecular flexibility index (Phi) is 4.04. The molecule has 3 nitrogen and oxygen atoms in total. The molecule has 0 atom stereocenters. The Hall–Kier alpha value is -0.450. The summed E-state index contributed by atoms with van der Waals surface area (Å²) in [4.78, 5) is 10.8. The third-order valence-corrected chi connectivity index (χ3v) is 2.33. The van der Waals surface area contributed by atoms with Gasteiger partial charge in [0.2, 0.25) is 0 Å². The van der Waals surface area contributed by atoms with Crippen molar-refractivity contribution in [1.29, 1.82) is 0 Å². The van der Waals surface area contributed by atoms with Gasteiger partial charge in [-0.2, -0.15) is 0 Å². The molecule has 0 bridgehead atoms. The molecule has 1 aromatic carbocycles. The third kappa shape index (κ3) is 2.77. The summed E-state index contributed by atoms with van der Waals surface area (Å²) in [7, 11) is 1.20. The van der Waals surface area contributed by atoms with Crippen LogP contribution in [0.1, 0.15) is 0 Å². The van der Waals surface area contributed by atoms with Crippen LogP contribution in [-0.4, -0.2) is 13.3 Å². The van der Waals surface area contributed by atoms with Crippen LogP contribution in [0.3, 0.4) is 0 Å². The molecule has 0 radical (unpaired) electrons. The Morgan fingerprint density at radius 2 is 1.86 bits per heavy atom. The van der Waals surface area contributed by atoms with Crippen molar-refractivity contribution in [3.8, 4) is 5.75 Å². The third-order valence-electron chi connectivity index (χ3n) is 1.32. The minimum absolute atomic E-state index is 0.0865. The van der Waals surface area contributed by atoms with Crippen molar-refractivity contribution >= 4 is 45.3 Å². The first-order valence-electron chi connectivity index (χ1n) is 3.45. The first-order valence-corrected chi connectivity index (χ1v) is 5.00. The van der Waals surface area contributed by atoms with E-state index in [1.165, 1.54) is 7.11 Å². The van der Waals surface area contributed by atoms with E-state index in [1.807, 2.05) is 0 Å². The van der Waals surface area contributed by atoms with Gasteiger partial charge in [0.05, 0.1) is 17.2 Å². The second kappa shape index (κ2) is 4.87. The molecular weight excluding hydrogens is 295 g/mol. The minimum Gasteiger partial charge on any atom is -0.437 e. The van der Waals surface area contributed by atoms with E-state index < -0.39 is 6.16 Å². The highest BCUT2D eigenvalue weighted by atomic mass is 79.9. The molecule has 0 saturated carbocycles. The van der Waals surface area contributed by atoms with Crippen molar-refractivity contribution in [2.45, 2.75) is 0 Å². The lowest BCUT2D eigenvalue weighted by atomic mass is 10.3. The Labute approximate surface area is 99.0 Å². The van der Waals surface area contributed by atoms with Gasteiger partial charge in [-0.25, -0.2) is 4.79 Å². The SMILES string of the molecule is COC(=O)Oc1c(Cl)cc(Br)cc1Cl. The lowest BCUT2D eigenvalue weighted by Crippen LogP contribution is -2.07. The van der Waals surface area contributed by atoms with Crippen molar-refractivity contribution < 1.29 is 14.3 Å². The number of hydrogen-bond acceptors (Lipinski definition) is 3. The topological polar surface area (TPSA) is 35.5 Å². The van der Waals surface area contributed by atoms with E-state index in [-0.39, 0.29) is 15.8 Å². The first kappa shape index (κ1) is 11.6. The summed E-state index contributed by atoms with van der Waals surface area (Å²) in [5.74, 6) is 0.0865. The summed E-state index contributed by atoms with van der Waals surface area (Å²) in [6.45, 7) is 0. The predicted octanol–water partition coefficient (Wildman–Crippen LogP) is 3.90. The van der Waals surface area contributed by atoms with Gasteiger partial charge in [-0.3, -0.25) is 0 Å². The zero-order chi connectivity index (χ0) is 10.7. The summed E-state index contributed by atoms with van der Waals surface area (Å²) in [5, 5.41) is 0.463. The molecule has 76 valence electrons. The number of hydrogen-bond donors (Lipinski definition) is 0. The van der Waals surface area contributed by atoms with Crippen LogP contribution in [0.5, 0.6) is 5.75 Å². The second-order valence-corrected chi connectivity index (χ2v) is 3.98. The molecular formula is C8H5BrCl2O3. The number of methoxy groups -OCH3 is 1. The van der Waals surface area contributed by atoms with Gasteiger partial charge in [0.1, 0.15) is 0 Å². The molecule has 0 saturated heterocycles. The minimum atomic E-state index is -0.865. The van der Waals surface area contributed by atoms with E-state index in [0.717, 1.165) is 0 Å². The number of carbonyl (C=O) groups is 1. The zero-order valence-electron chi connectivity index (χ0n) is 7.01. The van der Waals surface area contributed by atoms with Gasteiger partial charge in [-0.1, -0.05) is 39.1 Å². The van der Waals surface area contributed by atoms with E-state index in [0.29, 0.717) is 4.47 Å². The average molecular weight is 300 g/mol. The lowest BCUT2D eigenvalue weighted by Gasteiger charge is -2.06. The smallest absolute Gasteiger partial charge is 0.437 e. The summed E-state index contributed by atoms with van der Waals surface area (Å²) in [6.07, 6.45) is -0.865. The summed E-state index contributed by atoms with van der Waals surface area (Å²) in [5.41, 5.74) is 0. The molecule has 0 aliphatic carbocycles. The molecule has 0 unspecified atom stereocenters. The molecule has 0 fully saturated rings. The first-order chi connectivity index (χ1) is 6.54. The second-order valence-electron chi connectivity index (χ2n) is 2.25. The van der Waals surface area contributed by atoms with Crippen LogP contribution in [-0.2, 0) is 4.74 Å². The Balaban J connectivity index is 3.02. The maximum absolute atomic E-state index is 10.8. The van der Waals surface area contributed by atoms with Gasteiger partial charge >= 0.3 is 6.16 Å². The van der Waals surface area contributed by atoms with Crippen molar-refractivity contribution in [3.05, 3.63) is 26.7 Å². The van der Waals surface area contributed by atoms with Crippen LogP contribution >= 0.6 is 39.1 Å². The van der Waals surface area contributed by atoms with Crippen LogP contribution in [0.2, 0.25) is 10.0 Å². The van der Waals surface area contributed by atoms with E-state index in [2.05, 4.69) is 20.7 Å². The Bertz CT molecular complexity index is 345. The summed E-state index contributed by atoms with van der Waals surface area (Å²) < 4.78 is 9.74. The van der Waals surface area contributed by atoms with Gasteiger partial charge in [0, 0.05) is 4.47 Å². The molecule has 6 heteroatoms. The molecule has 0 N–H and O–H groups in total. The highest BCUT2D eigenvalue weighted by molar-refractivity contribution is 9.10. The molecule has 1 aromatic rings. The van der Waals surface area contributed by atoms with Gasteiger partial charge in [0.25, 0.3) is 0 Å². The van der Waals surface area contributed by atoms with Crippen LogP contribution in [0, 0.1) is 0 Å². The molecule has 0 spiro atoms. The van der Waals surface area contributed by atoms with Gasteiger partial charge in [-0.05, 0) is 12.1 Å². The number of carbonyl (C=O) groups excluding carboxylic acids is 1. The van der Waals surface area contributed by atoms with E-state index in [1.54, 1.807) is 12.1 Å². The maximum Gasteiger partial charge on any atom is 0.513 e. The van der Waals surface area contributed by atoms with Crippen LogP contribution < -0.4 is 4.74 Å². The molecule has 0 aliphatic heterocycles. The van der Waals surface area contributed by atoms with Gasteiger partial charge < -0.3 is 9.47 Å². The fourth-order valence-corrected chi connectivity index (χ4v) is 2.04. The lowest BCUT2D eigenvalue weighted by molar-refractivity contribution is 0.121. The number of ether oxygens (including phenoxy) is 2. The van der Waals surface area contributed by atoms with Crippen molar-refractivity contribution in [2.75, 3.05) is 7.11 Å². The molecule has 0 heterocycles. The van der Waals surface area contributed by atoms with Crippen LogP contribution in [0.4, 0.5) is 4.79 Å². The highest BCUT2D eigenvalue weighted by Crippen LogP contribution is 2.35. The predicted molar refractivity (Wildman–Crippen MR) is 57.2 cm³/mol. The monoisotopic (exact) mass is 298 g/mol. The largest absolute Gasteiger partial charge is 0.513 e. The molecule has 1 rings (SSSR count). The molecule has 14 heavy (non-hydrogen) atoms. The fourth-order valence-electron chi connectivity index (χ4n) is 0.751. The number of rotatable bonds is 1. The van der Waals surface area contributed by atoms with E-state index in [9.17, 15) is 4.79 Å². The maximum atomic E-state index is 10.8. The summed E-state index contributed by atoms with van der Waals surface area (Å²) in [6, 6.07) is 3.12. The van der Waals surface area contributed by atoms with E-state index in [4.69, 9.17) is 27.9 Å². The van der Waals surface area contributed by atoms with Gasteiger partial charge in [0.15, 0.2) is 5.75 Å². The number of benzene rings is 1. The molecule has 0 aliphatic rings. The average Bonchev–Trinajstić information content (AvgIpc) is 2.10. The molecule has 0 amide bonds. The van der Waals surface area contributed by atoms with Crippen molar-refractivity contribution in [1.82, 2.24) is 0 Å². The van der Waals surface area contributed by atoms with Crippen molar-refractivity contribution in [2.24, 2.45) is 0 Å². The zero-order valence-corrected chi connectivity index (χ0v) is 10.1. The Morgan fingerprint density at radius 3 is 2.29 bits per heavy atom. The highest BCUT2D eigenvalue weighted by Gasteiger charge is 2.13. The standard InChI is InChI=1S/C8H5BrCl2O3/c1-13-8(12)14-7-5(10)2-4(9)3-6(7)11/h2-3H,1H3. The fraction of sp³-hybridized carbons (Fsp3) is 0.125. The molecule has 0 aromatic heterocycles. The quantitative estimate of drug-likeness (QED) is 0.583. The van der Waals surface area contributed by atoms with Crippen molar-refractivity contribution in [3.63, 3.8) is 0 Å². The van der Waals surface area contributed by atoms with Crippen LogP contribution in [0.15, 0.2) is 16.6 Å². The van der Waals surface area contributed by atoms with Crippen LogP contribution in [0.25, 0.3) is 0 Å². The van der Waals surface area contributed by atoms with Gasteiger partial charge in [-0.15, -0.1) is 0 Å². The summed E-state index contributed by atoms with van der Waals surface area (Å²) >= 11 is 14.8. The Morgan fingerprint density at radius 1 is 1.36 bits per heavy atom.